The van der Waals surface area contributed by atoms with E-state index in [0.29, 0.717) is 0 Å². The maximum atomic E-state index is 11.9. The molecule has 4 nitrogen and oxygen atoms in total. The average Bonchev–Trinajstić information content (AvgIpc) is 2.54. The minimum atomic E-state index is 0. The number of nitrogens with zero attached hydrogens (tertiary/aromatic N) is 2. The van der Waals surface area contributed by atoms with Crippen molar-refractivity contribution in [1.82, 2.24) is 9.80 Å². The van der Waals surface area contributed by atoms with Crippen LogP contribution in [-0.2, 0) is 13.1 Å². The van der Waals surface area contributed by atoms with Crippen LogP contribution in [0.5, 0.6) is 0 Å². The molecule has 0 aliphatic rings. The minimum Gasteiger partial charge on any atom is -0.399 e. The zero-order chi connectivity index (χ0) is 16.8. The van der Waals surface area contributed by atoms with E-state index in [1.54, 1.807) is 19.0 Å². The lowest BCUT2D eigenvalue weighted by molar-refractivity contribution is 0.0827. The third-order valence-corrected chi connectivity index (χ3v) is 3.82. The molecule has 0 unspecified atom stereocenters. The molecule has 5 heteroatoms. The molecule has 0 aromatic heterocycles. The second-order valence-corrected chi connectivity index (χ2v) is 5.94. The molecule has 0 aliphatic carbocycles. The minimum absolute atomic E-state index is 0. The van der Waals surface area contributed by atoms with Crippen molar-refractivity contribution in [2.75, 3.05) is 26.4 Å². The summed E-state index contributed by atoms with van der Waals surface area (Å²) >= 11 is 0. The van der Waals surface area contributed by atoms with Crippen molar-refractivity contribution < 1.29 is 4.79 Å². The fourth-order valence-electron chi connectivity index (χ4n) is 2.50. The van der Waals surface area contributed by atoms with Gasteiger partial charge in [-0.05, 0) is 41.9 Å². The SMILES string of the molecule is CCN(Cc1ccc(C(=O)N(C)C)cc1)Cc1cccc(N)c1.Cl. The van der Waals surface area contributed by atoms with Crippen LogP contribution in [0.4, 0.5) is 5.69 Å². The Balaban J connectivity index is 0.00000288. The number of hydrogen-bond acceptors (Lipinski definition) is 3. The van der Waals surface area contributed by atoms with E-state index in [2.05, 4.69) is 17.9 Å². The molecule has 2 N–H and O–H groups in total. The summed E-state index contributed by atoms with van der Waals surface area (Å²) < 4.78 is 0. The number of carbonyl (C=O) groups excluding carboxylic acids is 1. The van der Waals surface area contributed by atoms with Gasteiger partial charge in [0.25, 0.3) is 5.91 Å². The van der Waals surface area contributed by atoms with Crippen LogP contribution in [0.2, 0.25) is 0 Å². The van der Waals surface area contributed by atoms with Gasteiger partial charge in [-0.3, -0.25) is 9.69 Å². The lowest BCUT2D eigenvalue weighted by Crippen LogP contribution is -2.23. The maximum absolute atomic E-state index is 11.9. The molecule has 0 saturated heterocycles. The number of nitrogen functional groups attached to an aromatic ring is 1. The summed E-state index contributed by atoms with van der Waals surface area (Å²) in [6, 6.07) is 15.8. The first kappa shape index (κ1) is 20.0. The van der Waals surface area contributed by atoms with E-state index in [1.807, 2.05) is 42.5 Å². The topological polar surface area (TPSA) is 49.6 Å². The van der Waals surface area contributed by atoms with Crippen molar-refractivity contribution in [2.45, 2.75) is 20.0 Å². The molecule has 0 bridgehead atoms. The number of carbonyl (C=O) groups is 1. The number of rotatable bonds is 6. The quantitative estimate of drug-likeness (QED) is 0.814. The Kier molecular flexibility index (Phi) is 7.75. The molecule has 0 aliphatic heterocycles. The van der Waals surface area contributed by atoms with Crippen LogP contribution >= 0.6 is 12.4 Å². The summed E-state index contributed by atoms with van der Waals surface area (Å²) in [6.45, 7) is 4.81. The van der Waals surface area contributed by atoms with E-state index in [4.69, 9.17) is 5.73 Å². The van der Waals surface area contributed by atoms with Gasteiger partial charge in [-0.1, -0.05) is 31.2 Å². The number of anilines is 1. The summed E-state index contributed by atoms with van der Waals surface area (Å²) in [5, 5.41) is 0. The zero-order valence-electron chi connectivity index (χ0n) is 14.5. The Morgan fingerprint density at radius 3 is 2.17 bits per heavy atom. The molecule has 2 rings (SSSR count). The molecule has 0 heterocycles. The Morgan fingerprint density at radius 1 is 1.00 bits per heavy atom. The highest BCUT2D eigenvalue weighted by atomic mass is 35.5. The highest BCUT2D eigenvalue weighted by Gasteiger charge is 2.09. The van der Waals surface area contributed by atoms with Gasteiger partial charge < -0.3 is 10.6 Å². The summed E-state index contributed by atoms with van der Waals surface area (Å²) in [7, 11) is 3.53. The van der Waals surface area contributed by atoms with E-state index in [1.165, 1.54) is 11.1 Å². The largest absolute Gasteiger partial charge is 0.399 e. The molecular weight excluding hydrogens is 322 g/mol. The van der Waals surface area contributed by atoms with Gasteiger partial charge >= 0.3 is 0 Å². The van der Waals surface area contributed by atoms with Gasteiger partial charge in [0.1, 0.15) is 0 Å². The highest BCUT2D eigenvalue weighted by Crippen LogP contribution is 2.13. The molecule has 0 saturated carbocycles. The normalized spacial score (nSPS) is 10.3. The molecular formula is C19H26ClN3O. The van der Waals surface area contributed by atoms with E-state index in [-0.39, 0.29) is 18.3 Å². The number of amides is 1. The highest BCUT2D eigenvalue weighted by molar-refractivity contribution is 5.93. The standard InChI is InChI=1S/C19H25N3O.ClH/c1-4-22(14-16-6-5-7-18(20)12-16)13-15-8-10-17(11-9-15)19(23)21(2)3;/h5-12H,4,13-14,20H2,1-3H3;1H. The maximum Gasteiger partial charge on any atom is 0.253 e. The summed E-state index contributed by atoms with van der Waals surface area (Å²) in [6.07, 6.45) is 0. The van der Waals surface area contributed by atoms with Gasteiger partial charge in [-0.25, -0.2) is 0 Å². The monoisotopic (exact) mass is 347 g/mol. The molecule has 1 amide bonds. The molecule has 0 spiro atoms. The number of halogens is 1. The van der Waals surface area contributed by atoms with Crippen molar-refractivity contribution in [3.05, 3.63) is 65.2 Å². The summed E-state index contributed by atoms with van der Waals surface area (Å²) in [4.78, 5) is 15.8. The Bertz CT molecular complexity index is 656. The summed E-state index contributed by atoms with van der Waals surface area (Å²) in [5.41, 5.74) is 9.77. The number of benzene rings is 2. The Labute approximate surface area is 150 Å². The first-order valence-electron chi connectivity index (χ1n) is 7.87. The fraction of sp³-hybridized carbons (Fsp3) is 0.316. The van der Waals surface area contributed by atoms with Gasteiger partial charge in [-0.15, -0.1) is 12.4 Å². The van der Waals surface area contributed by atoms with Gasteiger partial charge in [0.05, 0.1) is 0 Å². The van der Waals surface area contributed by atoms with Crippen molar-refractivity contribution in [3.63, 3.8) is 0 Å². The van der Waals surface area contributed by atoms with Gasteiger partial charge in [-0.2, -0.15) is 0 Å². The van der Waals surface area contributed by atoms with Crippen molar-refractivity contribution in [1.29, 1.82) is 0 Å². The first-order valence-corrected chi connectivity index (χ1v) is 7.87. The molecule has 0 fully saturated rings. The number of nitrogens with two attached hydrogens (primary N) is 1. The smallest absolute Gasteiger partial charge is 0.253 e. The van der Waals surface area contributed by atoms with E-state index < -0.39 is 0 Å². The second kappa shape index (κ2) is 9.30. The predicted octanol–water partition coefficient (Wildman–Crippen LogP) is 3.41. The first-order chi connectivity index (χ1) is 11.0. The fourth-order valence-corrected chi connectivity index (χ4v) is 2.50. The molecule has 2 aromatic rings. The van der Waals surface area contributed by atoms with Crippen LogP contribution < -0.4 is 5.73 Å². The summed E-state index contributed by atoms with van der Waals surface area (Å²) in [5.74, 6) is 0.0312. The third kappa shape index (κ3) is 5.55. The van der Waals surface area contributed by atoms with Crippen molar-refractivity contribution in [3.8, 4) is 0 Å². The van der Waals surface area contributed by atoms with Crippen molar-refractivity contribution in [2.24, 2.45) is 0 Å². The molecule has 0 atom stereocenters. The lowest BCUT2D eigenvalue weighted by Gasteiger charge is -2.21. The second-order valence-electron chi connectivity index (χ2n) is 5.94. The average molecular weight is 348 g/mol. The van der Waals surface area contributed by atoms with E-state index in [9.17, 15) is 4.79 Å². The molecule has 130 valence electrons. The van der Waals surface area contributed by atoms with E-state index >= 15 is 0 Å². The van der Waals surface area contributed by atoms with Crippen molar-refractivity contribution >= 4 is 24.0 Å². The van der Waals surface area contributed by atoms with Crippen LogP contribution in [0.25, 0.3) is 0 Å². The van der Waals surface area contributed by atoms with Crippen LogP contribution in [0.1, 0.15) is 28.4 Å². The van der Waals surface area contributed by atoms with Gasteiger partial charge in [0.15, 0.2) is 0 Å². The third-order valence-electron chi connectivity index (χ3n) is 3.82. The van der Waals surface area contributed by atoms with Gasteiger partial charge in [0.2, 0.25) is 0 Å². The van der Waals surface area contributed by atoms with Crippen LogP contribution in [0.3, 0.4) is 0 Å². The Hall–Kier alpha value is -2.04. The van der Waals surface area contributed by atoms with Crippen LogP contribution in [0, 0.1) is 0 Å². The Morgan fingerprint density at radius 2 is 1.62 bits per heavy atom. The molecule has 2 aromatic carbocycles. The molecule has 24 heavy (non-hydrogen) atoms. The van der Waals surface area contributed by atoms with Gasteiger partial charge in [0, 0.05) is 38.4 Å². The predicted molar refractivity (Wildman–Crippen MR) is 102 cm³/mol. The van der Waals surface area contributed by atoms with Crippen LogP contribution in [0.15, 0.2) is 48.5 Å². The molecule has 0 radical (unpaired) electrons. The lowest BCUT2D eigenvalue weighted by atomic mass is 10.1. The zero-order valence-corrected chi connectivity index (χ0v) is 15.3. The van der Waals surface area contributed by atoms with E-state index in [0.717, 1.165) is 30.9 Å². The number of hydrogen-bond donors (Lipinski definition) is 1. The van der Waals surface area contributed by atoms with Crippen LogP contribution in [-0.4, -0.2) is 36.3 Å².